The zero-order valence-electron chi connectivity index (χ0n) is 5.03. The first kappa shape index (κ1) is 7.02. The molecule has 0 saturated carbocycles. The van der Waals surface area contributed by atoms with Crippen LogP contribution in [0.4, 0.5) is 0 Å². The minimum atomic E-state index is 0.350. The number of H-pyrrole nitrogens is 1. The van der Waals surface area contributed by atoms with Crippen LogP contribution in [0, 0.1) is 0 Å². The van der Waals surface area contributed by atoms with E-state index in [-0.39, 0.29) is 0 Å². The molecule has 1 unspecified atom stereocenters. The van der Waals surface area contributed by atoms with Gasteiger partial charge >= 0.3 is 0 Å². The molecular formula is C5H8N2S2. The van der Waals surface area contributed by atoms with Gasteiger partial charge in [-0.1, -0.05) is 10.8 Å². The molecule has 1 aromatic heterocycles. The summed E-state index contributed by atoms with van der Waals surface area (Å²) in [5.41, 5.74) is 0. The predicted molar refractivity (Wildman–Crippen MR) is 43.6 cm³/mol. The van der Waals surface area contributed by atoms with Gasteiger partial charge < -0.3 is 4.98 Å². The average Bonchev–Trinajstić information content (AvgIpc) is 2.37. The third-order valence-corrected chi connectivity index (χ3v) is 2.55. The Balaban J connectivity index is 2.65. The fourth-order valence-corrected chi connectivity index (χ4v) is 1.08. The van der Waals surface area contributed by atoms with Gasteiger partial charge in [0.1, 0.15) is 5.82 Å². The summed E-state index contributed by atoms with van der Waals surface area (Å²) in [6.45, 7) is 2.05. The first-order chi connectivity index (χ1) is 4.34. The van der Waals surface area contributed by atoms with Gasteiger partial charge in [-0.2, -0.15) is 0 Å². The topological polar surface area (TPSA) is 28.7 Å². The van der Waals surface area contributed by atoms with Crippen LogP contribution in [0.3, 0.4) is 0 Å². The maximum Gasteiger partial charge on any atom is 0.119 e. The molecule has 1 aromatic rings. The minimum Gasteiger partial charge on any atom is -0.348 e. The lowest BCUT2D eigenvalue weighted by Gasteiger charge is -2.00. The second-order valence-corrected chi connectivity index (χ2v) is 3.27. The van der Waals surface area contributed by atoms with Crippen LogP contribution in [0.25, 0.3) is 0 Å². The van der Waals surface area contributed by atoms with E-state index in [1.807, 2.05) is 6.20 Å². The summed E-state index contributed by atoms with van der Waals surface area (Å²) in [5.74, 6) is 0.981. The lowest BCUT2D eigenvalue weighted by Crippen LogP contribution is -1.87. The van der Waals surface area contributed by atoms with Crippen molar-refractivity contribution in [2.45, 2.75) is 12.2 Å². The summed E-state index contributed by atoms with van der Waals surface area (Å²) in [5, 5.41) is 0.350. The molecule has 2 nitrogen and oxygen atoms in total. The van der Waals surface area contributed by atoms with Crippen LogP contribution in [-0.2, 0) is 0 Å². The van der Waals surface area contributed by atoms with E-state index >= 15 is 0 Å². The van der Waals surface area contributed by atoms with Crippen molar-refractivity contribution in [3.05, 3.63) is 18.2 Å². The van der Waals surface area contributed by atoms with Crippen molar-refractivity contribution in [2.75, 3.05) is 0 Å². The largest absolute Gasteiger partial charge is 0.348 e. The molecule has 0 aromatic carbocycles. The van der Waals surface area contributed by atoms with E-state index in [0.717, 1.165) is 5.82 Å². The van der Waals surface area contributed by atoms with Crippen molar-refractivity contribution in [1.82, 2.24) is 9.97 Å². The summed E-state index contributed by atoms with van der Waals surface area (Å²) >= 11 is 4.06. The number of imidazole rings is 1. The molecule has 0 aliphatic carbocycles. The molecule has 0 fully saturated rings. The number of hydrogen-bond donors (Lipinski definition) is 2. The Kier molecular flexibility index (Phi) is 2.48. The fourth-order valence-electron chi connectivity index (χ4n) is 0.550. The number of hydrogen-bond acceptors (Lipinski definition) is 3. The molecular weight excluding hydrogens is 152 g/mol. The zero-order chi connectivity index (χ0) is 6.69. The van der Waals surface area contributed by atoms with Crippen molar-refractivity contribution < 1.29 is 0 Å². The third-order valence-electron chi connectivity index (χ3n) is 1.06. The van der Waals surface area contributed by atoms with Gasteiger partial charge in [0.2, 0.25) is 0 Å². The van der Waals surface area contributed by atoms with Crippen molar-refractivity contribution in [2.24, 2.45) is 0 Å². The molecule has 9 heavy (non-hydrogen) atoms. The molecule has 0 aliphatic heterocycles. The Bertz CT molecular complexity index is 161. The standard InChI is InChI=1S/C5H8N2S2/c1-4(9-8)5-6-2-3-7-5/h2-4,8H,1H3,(H,6,7). The van der Waals surface area contributed by atoms with Crippen LogP contribution in [0.5, 0.6) is 0 Å². The van der Waals surface area contributed by atoms with Crippen LogP contribution in [0.15, 0.2) is 12.4 Å². The number of rotatable bonds is 2. The van der Waals surface area contributed by atoms with Crippen LogP contribution >= 0.6 is 22.5 Å². The highest BCUT2D eigenvalue weighted by Crippen LogP contribution is 2.27. The first-order valence-electron chi connectivity index (χ1n) is 2.64. The molecule has 0 saturated heterocycles. The highest BCUT2D eigenvalue weighted by molar-refractivity contribution is 8.68. The third kappa shape index (κ3) is 1.66. The Hall–Kier alpha value is -0.0900. The highest BCUT2D eigenvalue weighted by atomic mass is 33.1. The van der Waals surface area contributed by atoms with Gasteiger partial charge in [0, 0.05) is 12.4 Å². The molecule has 1 heterocycles. The Labute approximate surface area is 63.3 Å². The summed E-state index contributed by atoms with van der Waals surface area (Å²) in [6.07, 6.45) is 3.56. The number of aromatic amines is 1. The van der Waals surface area contributed by atoms with Gasteiger partial charge in [-0.15, -0.1) is 11.7 Å². The van der Waals surface area contributed by atoms with Crippen molar-refractivity contribution in [3.8, 4) is 0 Å². The van der Waals surface area contributed by atoms with E-state index in [1.54, 1.807) is 6.20 Å². The van der Waals surface area contributed by atoms with Crippen LogP contribution < -0.4 is 0 Å². The average molecular weight is 160 g/mol. The normalized spacial score (nSPS) is 13.6. The summed E-state index contributed by atoms with van der Waals surface area (Å²) in [6, 6.07) is 0. The maximum atomic E-state index is 4.06. The first-order valence-corrected chi connectivity index (χ1v) is 4.57. The second kappa shape index (κ2) is 3.17. The van der Waals surface area contributed by atoms with Crippen LogP contribution in [-0.4, -0.2) is 9.97 Å². The molecule has 0 bridgehead atoms. The molecule has 1 rings (SSSR count). The maximum absolute atomic E-state index is 4.06. The van der Waals surface area contributed by atoms with E-state index < -0.39 is 0 Å². The SMILES string of the molecule is CC(SS)c1ncc[nH]1. The van der Waals surface area contributed by atoms with E-state index in [0.29, 0.717) is 5.25 Å². The number of thiol groups is 1. The van der Waals surface area contributed by atoms with Crippen molar-refractivity contribution in [3.63, 3.8) is 0 Å². The van der Waals surface area contributed by atoms with Gasteiger partial charge in [-0.3, -0.25) is 0 Å². The highest BCUT2D eigenvalue weighted by Gasteiger charge is 2.03. The quantitative estimate of drug-likeness (QED) is 0.512. The smallest absolute Gasteiger partial charge is 0.119 e. The van der Waals surface area contributed by atoms with E-state index in [2.05, 4.69) is 28.6 Å². The number of nitrogens with one attached hydrogen (secondary N) is 1. The molecule has 1 N–H and O–H groups in total. The lowest BCUT2D eigenvalue weighted by atomic mass is 10.5. The van der Waals surface area contributed by atoms with Crippen LogP contribution in [0.1, 0.15) is 18.0 Å². The molecule has 0 spiro atoms. The van der Waals surface area contributed by atoms with Crippen molar-refractivity contribution in [1.29, 1.82) is 0 Å². The van der Waals surface area contributed by atoms with Crippen LogP contribution in [0.2, 0.25) is 0 Å². The Morgan fingerprint density at radius 1 is 1.89 bits per heavy atom. The zero-order valence-corrected chi connectivity index (χ0v) is 6.75. The Morgan fingerprint density at radius 3 is 3.11 bits per heavy atom. The van der Waals surface area contributed by atoms with Gasteiger partial charge in [-0.05, 0) is 6.92 Å². The summed E-state index contributed by atoms with van der Waals surface area (Å²) in [7, 11) is 1.48. The second-order valence-electron chi connectivity index (χ2n) is 1.72. The fraction of sp³-hybridized carbons (Fsp3) is 0.400. The monoisotopic (exact) mass is 160 g/mol. The Morgan fingerprint density at radius 2 is 2.67 bits per heavy atom. The molecule has 50 valence electrons. The van der Waals surface area contributed by atoms with Gasteiger partial charge in [0.25, 0.3) is 0 Å². The van der Waals surface area contributed by atoms with Gasteiger partial charge in [0.15, 0.2) is 0 Å². The van der Waals surface area contributed by atoms with Gasteiger partial charge in [0.05, 0.1) is 5.25 Å². The van der Waals surface area contributed by atoms with E-state index in [9.17, 15) is 0 Å². The molecule has 0 aliphatic rings. The number of aromatic nitrogens is 2. The van der Waals surface area contributed by atoms with E-state index in [1.165, 1.54) is 10.8 Å². The predicted octanol–water partition coefficient (Wildman–Crippen LogP) is 2.05. The molecule has 0 radical (unpaired) electrons. The molecule has 4 heteroatoms. The molecule has 0 amide bonds. The van der Waals surface area contributed by atoms with Gasteiger partial charge in [-0.25, -0.2) is 4.98 Å². The van der Waals surface area contributed by atoms with E-state index in [4.69, 9.17) is 0 Å². The number of nitrogens with zero attached hydrogens (tertiary/aromatic N) is 1. The molecule has 1 atom stereocenters. The summed E-state index contributed by atoms with van der Waals surface area (Å²) < 4.78 is 0. The summed E-state index contributed by atoms with van der Waals surface area (Å²) in [4.78, 5) is 7.07. The minimum absolute atomic E-state index is 0.350. The lowest BCUT2D eigenvalue weighted by molar-refractivity contribution is 0.970. The van der Waals surface area contributed by atoms with Crippen molar-refractivity contribution >= 4 is 22.5 Å².